The van der Waals surface area contributed by atoms with Gasteiger partial charge in [-0.15, -0.1) is 0 Å². The van der Waals surface area contributed by atoms with E-state index in [-0.39, 0.29) is 17.7 Å². The zero-order chi connectivity index (χ0) is 15.8. The van der Waals surface area contributed by atoms with E-state index in [0.29, 0.717) is 5.75 Å². The molecule has 0 aromatic heterocycles. The second-order valence-corrected chi connectivity index (χ2v) is 5.06. The third kappa shape index (κ3) is 5.31. The highest BCUT2D eigenvalue weighted by Crippen LogP contribution is 2.15. The molecule has 1 rings (SSSR count). The number of anilines is 1. The van der Waals surface area contributed by atoms with E-state index in [2.05, 4.69) is 10.6 Å². The van der Waals surface area contributed by atoms with Crippen LogP contribution in [0, 0.1) is 17.1 Å². The van der Waals surface area contributed by atoms with Crippen molar-refractivity contribution in [3.63, 3.8) is 0 Å². The van der Waals surface area contributed by atoms with Crippen molar-refractivity contribution in [2.45, 2.75) is 12.5 Å². The average Bonchev–Trinajstić information content (AvgIpc) is 2.44. The lowest BCUT2D eigenvalue weighted by atomic mass is 10.2. The second-order valence-electron chi connectivity index (χ2n) is 4.07. The summed E-state index contributed by atoms with van der Waals surface area (Å²) in [6.45, 7) is 0. The maximum absolute atomic E-state index is 13.0. The number of nitrogens with zero attached hydrogens (tertiary/aromatic N) is 1. The molecule has 1 aromatic rings. The van der Waals surface area contributed by atoms with Crippen LogP contribution in [0.1, 0.15) is 12.0 Å². The van der Waals surface area contributed by atoms with Crippen molar-refractivity contribution in [3.05, 3.63) is 29.6 Å². The summed E-state index contributed by atoms with van der Waals surface area (Å²) < 4.78 is 13.0. The number of urea groups is 1. The van der Waals surface area contributed by atoms with E-state index < -0.39 is 23.9 Å². The molecule has 1 atom stereocenters. The van der Waals surface area contributed by atoms with E-state index in [1.54, 1.807) is 6.07 Å². The first-order chi connectivity index (χ1) is 9.97. The number of amides is 2. The van der Waals surface area contributed by atoms with Gasteiger partial charge >= 0.3 is 12.0 Å². The van der Waals surface area contributed by atoms with Crippen molar-refractivity contribution < 1.29 is 19.1 Å². The Labute approximate surface area is 125 Å². The first-order valence-electron chi connectivity index (χ1n) is 5.96. The van der Waals surface area contributed by atoms with Gasteiger partial charge in [0.05, 0.1) is 11.3 Å². The molecule has 0 fully saturated rings. The number of hydrogen-bond donors (Lipinski definition) is 3. The first kappa shape index (κ1) is 16.8. The summed E-state index contributed by atoms with van der Waals surface area (Å²) in [7, 11) is 0. The fourth-order valence-corrected chi connectivity index (χ4v) is 2.00. The summed E-state index contributed by atoms with van der Waals surface area (Å²) in [6.07, 6.45) is 2.11. The number of rotatable bonds is 6. The zero-order valence-corrected chi connectivity index (χ0v) is 12.0. The smallest absolute Gasteiger partial charge is 0.326 e. The van der Waals surface area contributed by atoms with Gasteiger partial charge in [-0.3, -0.25) is 0 Å². The minimum absolute atomic E-state index is 0.0406. The minimum Gasteiger partial charge on any atom is -0.480 e. The number of aliphatic carboxylic acids is 1. The lowest BCUT2D eigenvalue weighted by Crippen LogP contribution is -2.43. The molecule has 0 aliphatic heterocycles. The number of benzene rings is 1. The van der Waals surface area contributed by atoms with Crippen LogP contribution in [-0.4, -0.2) is 35.2 Å². The Kier molecular flexibility index (Phi) is 6.49. The fourth-order valence-electron chi connectivity index (χ4n) is 1.53. The number of hydrogen-bond acceptors (Lipinski definition) is 4. The summed E-state index contributed by atoms with van der Waals surface area (Å²) in [5.74, 6) is -1.16. The molecule has 0 aliphatic rings. The van der Waals surface area contributed by atoms with Crippen molar-refractivity contribution in [1.82, 2.24) is 5.32 Å². The fraction of sp³-hybridized carbons (Fsp3) is 0.308. The average molecular weight is 311 g/mol. The molecular formula is C13H14FN3O3S. The van der Waals surface area contributed by atoms with Gasteiger partial charge in [-0.05, 0) is 36.6 Å². The van der Waals surface area contributed by atoms with Gasteiger partial charge < -0.3 is 15.7 Å². The van der Waals surface area contributed by atoms with Crippen LogP contribution in [0.15, 0.2) is 18.2 Å². The molecule has 0 saturated heterocycles. The predicted octanol–water partition coefficient (Wildman–Crippen LogP) is 2.03. The van der Waals surface area contributed by atoms with Gasteiger partial charge in [-0.25, -0.2) is 14.0 Å². The topological polar surface area (TPSA) is 102 Å². The van der Waals surface area contributed by atoms with E-state index in [1.165, 1.54) is 17.8 Å². The molecule has 112 valence electrons. The summed E-state index contributed by atoms with van der Waals surface area (Å²) in [6, 6.07) is 3.29. The maximum atomic E-state index is 13.0. The summed E-state index contributed by atoms with van der Waals surface area (Å²) in [5, 5.41) is 22.5. The zero-order valence-electron chi connectivity index (χ0n) is 11.2. The van der Waals surface area contributed by atoms with Gasteiger partial charge in [-0.2, -0.15) is 17.0 Å². The number of nitrogens with one attached hydrogen (secondary N) is 2. The molecule has 21 heavy (non-hydrogen) atoms. The van der Waals surface area contributed by atoms with Crippen LogP contribution in [0.2, 0.25) is 0 Å². The normalized spacial score (nSPS) is 11.3. The molecule has 0 aliphatic carbocycles. The Hall–Kier alpha value is -2.27. The molecular weight excluding hydrogens is 297 g/mol. The Morgan fingerprint density at radius 2 is 2.24 bits per heavy atom. The highest BCUT2D eigenvalue weighted by Gasteiger charge is 2.19. The monoisotopic (exact) mass is 311 g/mol. The standard InChI is InChI=1S/C13H14FN3O3S/c1-21-5-4-11(12(18)19)17-13(20)16-10-3-2-9(14)6-8(10)7-15/h2-3,6,11H,4-5H2,1H3,(H,18,19)(H2,16,17,20)/t11-/m1/s1. The maximum Gasteiger partial charge on any atom is 0.326 e. The van der Waals surface area contributed by atoms with Crippen LogP contribution in [0.25, 0.3) is 0 Å². The largest absolute Gasteiger partial charge is 0.480 e. The Balaban J connectivity index is 2.72. The van der Waals surface area contributed by atoms with E-state index >= 15 is 0 Å². The SMILES string of the molecule is CSCC[C@@H](NC(=O)Nc1ccc(F)cc1C#N)C(=O)O. The summed E-state index contributed by atoms with van der Waals surface area (Å²) in [5.41, 5.74) is 0.0755. The van der Waals surface area contributed by atoms with Crippen LogP contribution >= 0.6 is 11.8 Å². The van der Waals surface area contributed by atoms with E-state index in [1.807, 2.05) is 6.26 Å². The third-order valence-corrected chi connectivity index (χ3v) is 3.21. The molecule has 2 amide bonds. The molecule has 3 N–H and O–H groups in total. The van der Waals surface area contributed by atoms with Gasteiger partial charge in [-0.1, -0.05) is 0 Å². The van der Waals surface area contributed by atoms with Crippen LogP contribution in [0.4, 0.5) is 14.9 Å². The second kappa shape index (κ2) is 8.11. The first-order valence-corrected chi connectivity index (χ1v) is 7.36. The lowest BCUT2D eigenvalue weighted by molar-refractivity contribution is -0.139. The molecule has 8 heteroatoms. The molecule has 0 saturated carbocycles. The van der Waals surface area contributed by atoms with Crippen LogP contribution in [0.3, 0.4) is 0 Å². The van der Waals surface area contributed by atoms with Crippen molar-refractivity contribution in [1.29, 1.82) is 5.26 Å². The molecule has 0 unspecified atom stereocenters. The number of carbonyl (C=O) groups excluding carboxylic acids is 1. The summed E-state index contributed by atoms with van der Waals surface area (Å²) >= 11 is 1.47. The molecule has 6 nitrogen and oxygen atoms in total. The number of carboxylic acids is 1. The molecule has 0 radical (unpaired) electrons. The Bertz CT molecular complexity index is 574. The Morgan fingerprint density at radius 3 is 2.81 bits per heavy atom. The number of carboxylic acid groups (broad SMARTS) is 1. The number of halogens is 1. The molecule has 0 heterocycles. The highest BCUT2D eigenvalue weighted by molar-refractivity contribution is 7.98. The van der Waals surface area contributed by atoms with E-state index in [9.17, 15) is 14.0 Å². The molecule has 1 aromatic carbocycles. The molecule has 0 spiro atoms. The lowest BCUT2D eigenvalue weighted by Gasteiger charge is -2.15. The van der Waals surface area contributed by atoms with Crippen molar-refractivity contribution in [3.8, 4) is 6.07 Å². The van der Waals surface area contributed by atoms with Gasteiger partial charge in [0, 0.05) is 0 Å². The third-order valence-electron chi connectivity index (χ3n) is 2.56. The minimum atomic E-state index is -1.14. The molecule has 0 bridgehead atoms. The number of carbonyl (C=O) groups is 2. The van der Waals surface area contributed by atoms with Crippen LogP contribution < -0.4 is 10.6 Å². The van der Waals surface area contributed by atoms with Gasteiger partial charge in [0.25, 0.3) is 0 Å². The van der Waals surface area contributed by atoms with E-state index in [0.717, 1.165) is 12.1 Å². The van der Waals surface area contributed by atoms with Crippen LogP contribution in [-0.2, 0) is 4.79 Å². The number of nitriles is 1. The van der Waals surface area contributed by atoms with Gasteiger partial charge in [0.2, 0.25) is 0 Å². The van der Waals surface area contributed by atoms with Crippen molar-refractivity contribution in [2.24, 2.45) is 0 Å². The summed E-state index contributed by atoms with van der Waals surface area (Å²) in [4.78, 5) is 22.8. The predicted molar refractivity (Wildman–Crippen MR) is 77.7 cm³/mol. The quantitative estimate of drug-likeness (QED) is 0.746. The van der Waals surface area contributed by atoms with Gasteiger partial charge in [0.15, 0.2) is 0 Å². The van der Waals surface area contributed by atoms with E-state index in [4.69, 9.17) is 10.4 Å². The van der Waals surface area contributed by atoms with Crippen molar-refractivity contribution in [2.75, 3.05) is 17.3 Å². The highest BCUT2D eigenvalue weighted by atomic mass is 32.2. The Morgan fingerprint density at radius 1 is 1.52 bits per heavy atom. The number of thioether (sulfide) groups is 1. The van der Waals surface area contributed by atoms with Gasteiger partial charge in [0.1, 0.15) is 17.9 Å². The van der Waals surface area contributed by atoms with Crippen LogP contribution in [0.5, 0.6) is 0 Å². The van der Waals surface area contributed by atoms with Crippen molar-refractivity contribution >= 4 is 29.4 Å².